The summed E-state index contributed by atoms with van der Waals surface area (Å²) < 4.78 is 0. The number of aliphatic imine (C=N–C) groups is 2. The molecule has 0 saturated carbocycles. The first-order chi connectivity index (χ1) is 5.99. The Hall–Kier alpha value is -1.59. The molecule has 1 aliphatic rings. The van der Waals surface area contributed by atoms with Crippen molar-refractivity contribution in [1.29, 1.82) is 0 Å². The van der Waals surface area contributed by atoms with Crippen LogP contribution in [0.2, 0.25) is 0 Å². The van der Waals surface area contributed by atoms with Crippen molar-refractivity contribution in [3.8, 4) is 0 Å². The van der Waals surface area contributed by atoms with Gasteiger partial charge in [0.2, 0.25) is 5.78 Å². The Morgan fingerprint density at radius 2 is 2.38 bits per heavy atom. The summed E-state index contributed by atoms with van der Waals surface area (Å²) >= 11 is 0. The standard InChI is InChI=1S/C7H9N3O3/c1-3-5(11)7(2)8-4-6(9-7)10(12)13/h4H,3H2,1-2H3. The van der Waals surface area contributed by atoms with Crippen molar-refractivity contribution in [2.24, 2.45) is 9.98 Å². The fraction of sp³-hybridized carbons (Fsp3) is 0.571. The monoisotopic (exact) mass is 183 g/mol. The largest absolute Gasteiger partial charge is 0.379 e. The van der Waals surface area contributed by atoms with Crippen molar-refractivity contribution in [3.05, 3.63) is 10.1 Å². The molecule has 0 saturated heterocycles. The summed E-state index contributed by atoms with van der Waals surface area (Å²) in [5, 5.41) is 10.3. The van der Waals surface area contributed by atoms with Gasteiger partial charge in [0.1, 0.15) is 6.21 Å². The number of Topliss-reactive ketones (excluding diaryl/α,β-unsaturated/α-hetero) is 1. The Bertz CT molecular complexity index is 321. The molecule has 0 fully saturated rings. The van der Waals surface area contributed by atoms with Crippen LogP contribution in [0.5, 0.6) is 0 Å². The van der Waals surface area contributed by atoms with Gasteiger partial charge in [0.25, 0.3) is 5.66 Å². The molecule has 0 radical (unpaired) electrons. The van der Waals surface area contributed by atoms with Crippen molar-refractivity contribution < 1.29 is 9.72 Å². The molecule has 0 aromatic carbocycles. The van der Waals surface area contributed by atoms with Crippen LogP contribution >= 0.6 is 0 Å². The van der Waals surface area contributed by atoms with E-state index in [0.29, 0.717) is 0 Å². The lowest BCUT2D eigenvalue weighted by Gasteiger charge is -2.06. The second kappa shape index (κ2) is 3.04. The number of amidine groups is 1. The molecule has 13 heavy (non-hydrogen) atoms. The second-order valence-electron chi connectivity index (χ2n) is 2.78. The molecule has 0 spiro atoms. The van der Waals surface area contributed by atoms with Crippen molar-refractivity contribution in [1.82, 2.24) is 0 Å². The topological polar surface area (TPSA) is 84.9 Å². The number of nitro groups is 1. The molecule has 1 atom stereocenters. The van der Waals surface area contributed by atoms with E-state index in [2.05, 4.69) is 9.98 Å². The summed E-state index contributed by atoms with van der Waals surface area (Å²) in [7, 11) is 0. The van der Waals surface area contributed by atoms with E-state index in [-0.39, 0.29) is 18.0 Å². The molecule has 70 valence electrons. The summed E-state index contributed by atoms with van der Waals surface area (Å²) in [5.41, 5.74) is -1.27. The average Bonchev–Trinajstić information content (AvgIpc) is 2.48. The van der Waals surface area contributed by atoms with Gasteiger partial charge in [-0.3, -0.25) is 4.79 Å². The first kappa shape index (κ1) is 9.50. The van der Waals surface area contributed by atoms with Gasteiger partial charge in [-0.05, 0) is 9.92 Å². The van der Waals surface area contributed by atoms with Crippen LogP contribution in [0.15, 0.2) is 9.98 Å². The lowest BCUT2D eigenvalue weighted by molar-refractivity contribution is -0.345. The SMILES string of the molecule is CCC(=O)C1(C)N=CC([N+](=O)[O-])=N1. The van der Waals surface area contributed by atoms with Crippen molar-refractivity contribution in [2.75, 3.05) is 0 Å². The molecule has 0 aliphatic carbocycles. The fourth-order valence-electron chi connectivity index (χ4n) is 1.02. The van der Waals surface area contributed by atoms with E-state index in [4.69, 9.17) is 0 Å². The van der Waals surface area contributed by atoms with Crippen LogP contribution in [0, 0.1) is 10.1 Å². The van der Waals surface area contributed by atoms with Gasteiger partial charge < -0.3 is 10.1 Å². The van der Waals surface area contributed by atoms with Gasteiger partial charge in [0.05, 0.1) is 0 Å². The minimum atomic E-state index is -1.27. The molecular weight excluding hydrogens is 174 g/mol. The van der Waals surface area contributed by atoms with E-state index in [1.165, 1.54) is 6.92 Å². The molecule has 1 rings (SSSR count). The second-order valence-corrected chi connectivity index (χ2v) is 2.78. The number of nitrogens with zero attached hydrogens (tertiary/aromatic N) is 3. The minimum Gasteiger partial charge on any atom is -0.358 e. The van der Waals surface area contributed by atoms with Gasteiger partial charge in [-0.2, -0.15) is 0 Å². The predicted octanol–water partition coefficient (Wildman–Crippen LogP) is 0.441. The average molecular weight is 183 g/mol. The first-order valence-electron chi connectivity index (χ1n) is 3.82. The Kier molecular flexibility index (Phi) is 2.22. The maximum Gasteiger partial charge on any atom is 0.379 e. The third-order valence-corrected chi connectivity index (χ3v) is 1.80. The molecule has 6 nitrogen and oxygen atoms in total. The smallest absolute Gasteiger partial charge is 0.358 e. The Morgan fingerprint density at radius 3 is 2.77 bits per heavy atom. The highest BCUT2D eigenvalue weighted by Crippen LogP contribution is 2.19. The number of carbonyl (C=O) groups is 1. The van der Waals surface area contributed by atoms with Gasteiger partial charge >= 0.3 is 5.84 Å². The van der Waals surface area contributed by atoms with Gasteiger partial charge in [0, 0.05) is 13.3 Å². The van der Waals surface area contributed by atoms with Crippen LogP contribution in [-0.2, 0) is 4.79 Å². The van der Waals surface area contributed by atoms with E-state index >= 15 is 0 Å². The number of hydrogen-bond acceptors (Lipinski definition) is 5. The molecule has 0 bridgehead atoms. The molecule has 1 heterocycles. The van der Waals surface area contributed by atoms with Crippen LogP contribution in [0.4, 0.5) is 0 Å². The highest BCUT2D eigenvalue weighted by Gasteiger charge is 2.41. The maximum atomic E-state index is 11.3. The third-order valence-electron chi connectivity index (χ3n) is 1.80. The molecule has 0 aromatic rings. The summed E-state index contributed by atoms with van der Waals surface area (Å²) in [6.45, 7) is 3.13. The molecule has 0 aromatic heterocycles. The van der Waals surface area contributed by atoms with Crippen LogP contribution in [0.1, 0.15) is 20.3 Å². The zero-order chi connectivity index (χ0) is 10.1. The van der Waals surface area contributed by atoms with Crippen LogP contribution in [0.3, 0.4) is 0 Å². The molecule has 0 N–H and O–H groups in total. The summed E-state index contributed by atoms with van der Waals surface area (Å²) in [4.78, 5) is 28.2. The van der Waals surface area contributed by atoms with E-state index in [0.717, 1.165) is 6.21 Å². The fourth-order valence-corrected chi connectivity index (χ4v) is 1.02. The van der Waals surface area contributed by atoms with E-state index in [9.17, 15) is 14.9 Å². The molecule has 1 unspecified atom stereocenters. The number of ketones is 1. The highest BCUT2D eigenvalue weighted by molar-refractivity contribution is 6.28. The lowest BCUT2D eigenvalue weighted by atomic mass is 10.1. The van der Waals surface area contributed by atoms with Gasteiger partial charge in [0.15, 0.2) is 0 Å². The molecule has 6 heteroatoms. The lowest BCUT2D eigenvalue weighted by Crippen LogP contribution is -2.29. The first-order valence-corrected chi connectivity index (χ1v) is 3.82. The normalized spacial score (nSPS) is 25.8. The number of rotatable bonds is 2. The number of hydrogen-bond donors (Lipinski definition) is 0. The zero-order valence-electron chi connectivity index (χ0n) is 7.35. The van der Waals surface area contributed by atoms with Crippen LogP contribution in [-0.4, -0.2) is 28.4 Å². The Balaban J connectivity index is 2.95. The van der Waals surface area contributed by atoms with Gasteiger partial charge in [-0.25, -0.2) is 4.99 Å². The molecular formula is C7H9N3O3. The maximum absolute atomic E-state index is 11.3. The van der Waals surface area contributed by atoms with Crippen molar-refractivity contribution >= 4 is 17.8 Å². The minimum absolute atomic E-state index is 0.222. The van der Waals surface area contributed by atoms with Gasteiger partial charge in [-0.1, -0.05) is 6.92 Å². The quantitative estimate of drug-likeness (QED) is 0.459. The van der Waals surface area contributed by atoms with E-state index < -0.39 is 10.6 Å². The van der Waals surface area contributed by atoms with E-state index in [1.807, 2.05) is 0 Å². The summed E-state index contributed by atoms with van der Waals surface area (Å²) in [5.74, 6) is -0.579. The van der Waals surface area contributed by atoms with Gasteiger partial charge in [-0.15, -0.1) is 0 Å². The van der Waals surface area contributed by atoms with Crippen LogP contribution in [0.25, 0.3) is 0 Å². The van der Waals surface area contributed by atoms with Crippen molar-refractivity contribution in [2.45, 2.75) is 25.9 Å². The van der Waals surface area contributed by atoms with Crippen molar-refractivity contribution in [3.63, 3.8) is 0 Å². The molecule has 1 aliphatic heterocycles. The Labute approximate surface area is 74.5 Å². The molecule has 0 amide bonds. The predicted molar refractivity (Wildman–Crippen MR) is 46.6 cm³/mol. The summed E-state index contributed by atoms with van der Waals surface area (Å²) in [6.07, 6.45) is 1.29. The summed E-state index contributed by atoms with van der Waals surface area (Å²) in [6, 6.07) is 0. The van der Waals surface area contributed by atoms with Crippen LogP contribution < -0.4 is 0 Å². The van der Waals surface area contributed by atoms with E-state index in [1.54, 1.807) is 6.92 Å². The third kappa shape index (κ3) is 1.61. The Morgan fingerprint density at radius 1 is 1.77 bits per heavy atom. The highest BCUT2D eigenvalue weighted by atomic mass is 16.6. The number of carbonyl (C=O) groups excluding carboxylic acids is 1. The zero-order valence-corrected chi connectivity index (χ0v) is 7.35.